The highest BCUT2D eigenvalue weighted by atomic mass is 16.2. The van der Waals surface area contributed by atoms with E-state index in [-0.39, 0.29) is 23.6 Å². The van der Waals surface area contributed by atoms with Gasteiger partial charge in [0.25, 0.3) is 0 Å². The number of nitrogens with one attached hydrogen (secondary N) is 2. The first kappa shape index (κ1) is 18.8. The lowest BCUT2D eigenvalue weighted by Gasteiger charge is -2.17. The predicted octanol–water partition coefficient (Wildman–Crippen LogP) is 1.66. The topological polar surface area (TPSA) is 75.3 Å². The average Bonchev–Trinajstić information content (AvgIpc) is 2.50. The highest BCUT2D eigenvalue weighted by Gasteiger charge is 2.11. The molecule has 0 aromatic carbocycles. The molecule has 0 saturated carbocycles. The molecule has 5 nitrogen and oxygen atoms in total. The maximum atomic E-state index is 11.4. The summed E-state index contributed by atoms with van der Waals surface area (Å²) in [5, 5.41) is 5.50. The molecule has 0 saturated heterocycles. The van der Waals surface area contributed by atoms with E-state index in [0.29, 0.717) is 19.4 Å². The van der Waals surface area contributed by atoms with Gasteiger partial charge in [0.2, 0.25) is 11.8 Å². The summed E-state index contributed by atoms with van der Waals surface area (Å²) in [5.41, 5.74) is 0. The van der Waals surface area contributed by atoms with Crippen LogP contribution < -0.4 is 10.6 Å². The average molecular weight is 292 g/mol. The van der Waals surface area contributed by atoms with Crippen LogP contribution in [0, 0.1) is 0 Å². The molecule has 0 aliphatic carbocycles. The molecule has 0 spiro atoms. The molecular weight excluding hydrogens is 268 g/mol. The Morgan fingerprint density at radius 3 is 2.14 bits per heavy atom. The molecule has 116 valence electrons. The van der Waals surface area contributed by atoms with Crippen LogP contribution in [0.1, 0.15) is 32.1 Å². The fraction of sp³-hybridized carbons (Fsp3) is 0.438. The van der Waals surface area contributed by atoms with Crippen molar-refractivity contribution in [2.24, 2.45) is 0 Å². The van der Waals surface area contributed by atoms with Crippen molar-refractivity contribution in [2.45, 2.75) is 38.1 Å². The van der Waals surface area contributed by atoms with Crippen LogP contribution in [-0.4, -0.2) is 30.2 Å². The highest BCUT2D eigenvalue weighted by molar-refractivity contribution is 5.89. The molecule has 0 fully saturated rings. The molecule has 0 aromatic rings. The van der Waals surface area contributed by atoms with Gasteiger partial charge in [-0.25, -0.2) is 0 Å². The first-order chi connectivity index (χ1) is 10.0. The van der Waals surface area contributed by atoms with E-state index in [9.17, 15) is 14.4 Å². The van der Waals surface area contributed by atoms with Crippen molar-refractivity contribution in [3.8, 4) is 0 Å². The third kappa shape index (κ3) is 10.3. The Labute approximate surface area is 126 Å². The van der Waals surface area contributed by atoms with Gasteiger partial charge in [-0.05, 0) is 43.9 Å². The van der Waals surface area contributed by atoms with Crippen molar-refractivity contribution in [2.75, 3.05) is 6.54 Å². The van der Waals surface area contributed by atoms with Gasteiger partial charge in [-0.2, -0.15) is 0 Å². The molecule has 0 heterocycles. The van der Waals surface area contributed by atoms with Gasteiger partial charge in [-0.3, -0.25) is 14.4 Å². The molecule has 5 heteroatoms. The summed E-state index contributed by atoms with van der Waals surface area (Å²) in [4.78, 5) is 33.6. The minimum atomic E-state index is -0.244. The summed E-state index contributed by atoms with van der Waals surface area (Å²) in [5.74, 6) is -0.472. The maximum absolute atomic E-state index is 11.4. The molecule has 0 rings (SSSR count). The number of amides is 2. The second-order valence-corrected chi connectivity index (χ2v) is 4.61. The number of carbonyl (C=O) groups excluding carboxylic acids is 3. The Kier molecular flexibility index (Phi) is 10.4. The standard InChI is InChI=1S/C16H24N2O3/c1-4-14(19)11-10-13(18-16(21)6-3)9-7-8-12-17-15(20)5-2/h4-6,13H,1-3,7-12H2,(H,17,20)(H,18,21). The van der Waals surface area contributed by atoms with Crippen LogP contribution in [-0.2, 0) is 14.4 Å². The molecule has 0 radical (unpaired) electrons. The number of carbonyl (C=O) groups is 3. The number of allylic oxidation sites excluding steroid dienone is 1. The van der Waals surface area contributed by atoms with E-state index in [0.717, 1.165) is 19.3 Å². The van der Waals surface area contributed by atoms with Crippen molar-refractivity contribution < 1.29 is 14.4 Å². The molecule has 0 bridgehead atoms. The van der Waals surface area contributed by atoms with Gasteiger partial charge in [0.15, 0.2) is 5.78 Å². The number of hydrogen-bond donors (Lipinski definition) is 2. The van der Waals surface area contributed by atoms with E-state index in [1.165, 1.54) is 18.2 Å². The maximum Gasteiger partial charge on any atom is 0.243 e. The summed E-state index contributed by atoms with van der Waals surface area (Å²) in [6.45, 7) is 10.8. The molecule has 2 N–H and O–H groups in total. The minimum absolute atomic E-state index is 0.0360. The SMILES string of the molecule is C=CC(=O)CCC(CCCCNC(=O)C=C)NC(=O)C=C. The lowest BCUT2D eigenvalue weighted by molar-refractivity contribution is -0.118. The van der Waals surface area contributed by atoms with E-state index in [1.54, 1.807) is 0 Å². The van der Waals surface area contributed by atoms with Gasteiger partial charge in [0.1, 0.15) is 0 Å². The van der Waals surface area contributed by atoms with Crippen molar-refractivity contribution in [3.05, 3.63) is 38.0 Å². The lowest BCUT2D eigenvalue weighted by atomic mass is 10.0. The molecule has 0 aromatic heterocycles. The zero-order valence-electron chi connectivity index (χ0n) is 12.4. The van der Waals surface area contributed by atoms with Crippen LogP contribution >= 0.6 is 0 Å². The number of ketones is 1. The van der Waals surface area contributed by atoms with Crippen LogP contribution in [0.2, 0.25) is 0 Å². The van der Waals surface area contributed by atoms with Gasteiger partial charge in [-0.15, -0.1) is 0 Å². The Morgan fingerprint density at radius 2 is 1.57 bits per heavy atom. The molecule has 1 atom stereocenters. The van der Waals surface area contributed by atoms with Gasteiger partial charge in [0.05, 0.1) is 0 Å². The molecule has 0 aliphatic heterocycles. The first-order valence-corrected chi connectivity index (χ1v) is 7.02. The van der Waals surface area contributed by atoms with E-state index in [2.05, 4.69) is 30.4 Å². The van der Waals surface area contributed by atoms with Crippen LogP contribution in [0.25, 0.3) is 0 Å². The number of hydrogen-bond acceptors (Lipinski definition) is 3. The molecule has 1 unspecified atom stereocenters. The summed E-state index contributed by atoms with van der Waals surface area (Å²) < 4.78 is 0. The minimum Gasteiger partial charge on any atom is -0.353 e. The van der Waals surface area contributed by atoms with Crippen LogP contribution in [0.15, 0.2) is 38.0 Å². The first-order valence-electron chi connectivity index (χ1n) is 7.02. The molecule has 21 heavy (non-hydrogen) atoms. The summed E-state index contributed by atoms with van der Waals surface area (Å²) >= 11 is 0. The molecule has 2 amide bonds. The zero-order chi connectivity index (χ0) is 16.1. The lowest BCUT2D eigenvalue weighted by Crippen LogP contribution is -2.34. The second kappa shape index (κ2) is 11.6. The molecule has 0 aliphatic rings. The largest absolute Gasteiger partial charge is 0.353 e. The van der Waals surface area contributed by atoms with Crippen LogP contribution in [0.5, 0.6) is 0 Å². The highest BCUT2D eigenvalue weighted by Crippen LogP contribution is 2.08. The number of rotatable bonds is 12. The summed E-state index contributed by atoms with van der Waals surface area (Å²) in [6, 6.07) is -0.0745. The third-order valence-electron chi connectivity index (χ3n) is 2.96. The smallest absolute Gasteiger partial charge is 0.243 e. The van der Waals surface area contributed by atoms with E-state index in [4.69, 9.17) is 0 Å². The normalized spacial score (nSPS) is 11.0. The van der Waals surface area contributed by atoms with Crippen molar-refractivity contribution in [1.29, 1.82) is 0 Å². The summed E-state index contributed by atoms with van der Waals surface area (Å²) in [6.07, 6.45) is 7.05. The van der Waals surface area contributed by atoms with Crippen molar-refractivity contribution >= 4 is 17.6 Å². The monoisotopic (exact) mass is 292 g/mol. The quantitative estimate of drug-likeness (QED) is 0.424. The van der Waals surface area contributed by atoms with Crippen LogP contribution in [0.3, 0.4) is 0 Å². The Bertz CT molecular complexity index is 402. The summed E-state index contributed by atoms with van der Waals surface area (Å²) in [7, 11) is 0. The Hall–Kier alpha value is -2.17. The van der Waals surface area contributed by atoms with Gasteiger partial charge in [0, 0.05) is 19.0 Å². The fourth-order valence-corrected chi connectivity index (χ4v) is 1.77. The van der Waals surface area contributed by atoms with Crippen molar-refractivity contribution in [1.82, 2.24) is 10.6 Å². The zero-order valence-corrected chi connectivity index (χ0v) is 12.4. The van der Waals surface area contributed by atoms with Gasteiger partial charge < -0.3 is 10.6 Å². The third-order valence-corrected chi connectivity index (χ3v) is 2.96. The van der Waals surface area contributed by atoms with Gasteiger partial charge >= 0.3 is 0 Å². The second-order valence-electron chi connectivity index (χ2n) is 4.61. The number of unbranched alkanes of at least 4 members (excludes halogenated alkanes) is 1. The van der Waals surface area contributed by atoms with E-state index in [1.807, 2.05) is 0 Å². The Balaban J connectivity index is 4.08. The fourth-order valence-electron chi connectivity index (χ4n) is 1.77. The van der Waals surface area contributed by atoms with Crippen molar-refractivity contribution in [3.63, 3.8) is 0 Å². The van der Waals surface area contributed by atoms with Gasteiger partial charge in [-0.1, -0.05) is 19.7 Å². The van der Waals surface area contributed by atoms with E-state index < -0.39 is 0 Å². The molecular formula is C16H24N2O3. The predicted molar refractivity (Wildman–Crippen MR) is 83.6 cm³/mol. The Morgan fingerprint density at radius 1 is 0.905 bits per heavy atom. The van der Waals surface area contributed by atoms with Crippen LogP contribution in [0.4, 0.5) is 0 Å². The van der Waals surface area contributed by atoms with E-state index >= 15 is 0 Å².